The van der Waals surface area contributed by atoms with Gasteiger partial charge in [-0.1, -0.05) is 5.92 Å². The molecule has 0 aliphatic carbocycles. The minimum Gasteiger partial charge on any atom is -0.392 e. The van der Waals surface area contributed by atoms with Crippen molar-refractivity contribution in [3.63, 3.8) is 0 Å². The van der Waals surface area contributed by atoms with E-state index in [0.29, 0.717) is 6.42 Å². The molecular formula is C8H10O2. The van der Waals surface area contributed by atoms with Crippen molar-refractivity contribution in [3.05, 3.63) is 6.92 Å². The topological polar surface area (TPSA) is 29.5 Å². The lowest BCUT2D eigenvalue weighted by Crippen LogP contribution is -2.31. The van der Waals surface area contributed by atoms with Crippen LogP contribution in [0.4, 0.5) is 0 Å². The molecule has 1 rings (SSSR count). The molecule has 1 N–H and O–H groups in total. The molecular weight excluding hydrogens is 128 g/mol. The molecule has 1 heterocycles. The van der Waals surface area contributed by atoms with Crippen LogP contribution in [0, 0.1) is 19.3 Å². The second-order valence-corrected chi connectivity index (χ2v) is 2.49. The Morgan fingerprint density at radius 2 is 2.50 bits per heavy atom. The Bertz CT molecular complexity index is 159. The minimum atomic E-state index is -0.792. The summed E-state index contributed by atoms with van der Waals surface area (Å²) in [5.74, 6) is 2.41. The lowest BCUT2D eigenvalue weighted by molar-refractivity contribution is -0.0188. The largest absolute Gasteiger partial charge is 0.392 e. The molecule has 0 aromatic heterocycles. The fourth-order valence-corrected chi connectivity index (χ4v) is 1.05. The van der Waals surface area contributed by atoms with Gasteiger partial charge in [0.1, 0.15) is 0 Å². The quantitative estimate of drug-likeness (QED) is 0.526. The fraction of sp³-hybridized carbons (Fsp3) is 0.625. The highest BCUT2D eigenvalue weighted by atomic mass is 16.5. The van der Waals surface area contributed by atoms with E-state index in [1.807, 2.05) is 0 Å². The van der Waals surface area contributed by atoms with Gasteiger partial charge in [0.15, 0.2) is 5.60 Å². The van der Waals surface area contributed by atoms with Crippen LogP contribution in [0.2, 0.25) is 0 Å². The van der Waals surface area contributed by atoms with Crippen LogP contribution in [-0.4, -0.2) is 23.4 Å². The van der Waals surface area contributed by atoms with Crippen LogP contribution in [0.5, 0.6) is 0 Å². The molecule has 1 aliphatic rings. The van der Waals surface area contributed by atoms with Gasteiger partial charge >= 0.3 is 0 Å². The van der Waals surface area contributed by atoms with E-state index in [4.69, 9.17) is 23.2 Å². The Hall–Kier alpha value is -0.520. The predicted molar refractivity (Wildman–Crippen MR) is 37.1 cm³/mol. The van der Waals surface area contributed by atoms with Crippen LogP contribution in [-0.2, 0) is 4.74 Å². The van der Waals surface area contributed by atoms with Crippen molar-refractivity contribution in [2.75, 3.05) is 6.61 Å². The first-order valence-electron chi connectivity index (χ1n) is 3.24. The van der Waals surface area contributed by atoms with Crippen molar-refractivity contribution < 1.29 is 9.84 Å². The molecule has 1 saturated heterocycles. The van der Waals surface area contributed by atoms with E-state index < -0.39 is 5.60 Å². The van der Waals surface area contributed by atoms with Crippen molar-refractivity contribution in [1.29, 1.82) is 0 Å². The summed E-state index contributed by atoms with van der Waals surface area (Å²) in [6.07, 6.45) is 6.23. The maximum absolute atomic E-state index is 8.81. The number of ether oxygens (including phenoxy) is 1. The smallest absolute Gasteiger partial charge is 0.151 e. The van der Waals surface area contributed by atoms with Gasteiger partial charge < -0.3 is 9.84 Å². The zero-order chi connectivity index (χ0) is 7.61. The third-order valence-corrected chi connectivity index (χ3v) is 1.73. The molecule has 0 saturated carbocycles. The summed E-state index contributed by atoms with van der Waals surface area (Å²) in [6, 6.07) is 0. The molecule has 2 atom stereocenters. The highest BCUT2D eigenvalue weighted by molar-refractivity contribution is 5.11. The van der Waals surface area contributed by atoms with E-state index >= 15 is 0 Å². The third-order valence-electron chi connectivity index (χ3n) is 1.73. The van der Waals surface area contributed by atoms with Gasteiger partial charge in [0.25, 0.3) is 0 Å². The number of rotatable bonds is 1. The van der Waals surface area contributed by atoms with Gasteiger partial charge in [0, 0.05) is 0 Å². The standard InChI is InChI=1S/C8H10O2/c1-3-8(6-9)5-4-7(2)10-8/h1-2,7,9H,4-6H2/t7-,8+/m0/s1. The number of aliphatic hydroxyl groups is 1. The van der Waals surface area contributed by atoms with E-state index in [0.717, 1.165) is 6.42 Å². The maximum atomic E-state index is 8.81. The Labute approximate surface area is 61.2 Å². The average Bonchev–Trinajstić information content (AvgIpc) is 2.33. The Morgan fingerprint density at radius 1 is 1.80 bits per heavy atom. The molecule has 1 fully saturated rings. The second kappa shape index (κ2) is 2.61. The molecule has 0 amide bonds. The molecule has 0 bridgehead atoms. The van der Waals surface area contributed by atoms with Gasteiger partial charge in [-0.15, -0.1) is 6.42 Å². The zero-order valence-corrected chi connectivity index (χ0v) is 5.71. The first-order valence-corrected chi connectivity index (χ1v) is 3.24. The summed E-state index contributed by atoms with van der Waals surface area (Å²) >= 11 is 0. The van der Waals surface area contributed by atoms with Crippen molar-refractivity contribution in [2.24, 2.45) is 0 Å². The SMILES string of the molecule is [CH][C@H]1CC[C@](C#C)(CO)O1. The van der Waals surface area contributed by atoms with Crippen molar-refractivity contribution >= 4 is 0 Å². The minimum absolute atomic E-state index is 0.142. The van der Waals surface area contributed by atoms with Crippen LogP contribution in [0.25, 0.3) is 0 Å². The third kappa shape index (κ3) is 1.16. The van der Waals surface area contributed by atoms with E-state index in [1.165, 1.54) is 0 Å². The highest BCUT2D eigenvalue weighted by Crippen LogP contribution is 2.28. The van der Waals surface area contributed by atoms with E-state index in [2.05, 4.69) is 5.92 Å². The van der Waals surface area contributed by atoms with Crippen LogP contribution in [0.1, 0.15) is 12.8 Å². The summed E-state index contributed by atoms with van der Waals surface area (Å²) in [4.78, 5) is 0. The van der Waals surface area contributed by atoms with Crippen LogP contribution < -0.4 is 0 Å². The monoisotopic (exact) mass is 138 g/mol. The van der Waals surface area contributed by atoms with Gasteiger partial charge in [-0.25, -0.2) is 0 Å². The lowest BCUT2D eigenvalue weighted by Gasteiger charge is -2.19. The molecule has 10 heavy (non-hydrogen) atoms. The molecule has 2 radical (unpaired) electrons. The van der Waals surface area contributed by atoms with Crippen LogP contribution in [0.15, 0.2) is 0 Å². The number of terminal acetylenes is 1. The summed E-state index contributed by atoms with van der Waals surface area (Å²) in [5.41, 5.74) is -0.792. The summed E-state index contributed by atoms with van der Waals surface area (Å²) in [5, 5.41) is 8.81. The normalized spacial score (nSPS) is 39.5. The lowest BCUT2D eigenvalue weighted by atomic mass is 10.0. The molecule has 54 valence electrons. The van der Waals surface area contributed by atoms with Gasteiger partial charge in [0.2, 0.25) is 0 Å². The molecule has 1 aliphatic heterocycles. The Kier molecular flexibility index (Phi) is 1.98. The number of hydrogen-bond donors (Lipinski definition) is 1. The Morgan fingerprint density at radius 3 is 2.70 bits per heavy atom. The van der Waals surface area contributed by atoms with Gasteiger partial charge in [0.05, 0.1) is 12.7 Å². The van der Waals surface area contributed by atoms with Crippen LogP contribution in [0.3, 0.4) is 0 Å². The fourth-order valence-electron chi connectivity index (χ4n) is 1.05. The molecule has 0 spiro atoms. The van der Waals surface area contributed by atoms with Crippen molar-refractivity contribution in [2.45, 2.75) is 24.5 Å². The summed E-state index contributed by atoms with van der Waals surface area (Å²) < 4.78 is 5.14. The van der Waals surface area contributed by atoms with Gasteiger partial charge in [-0.05, 0) is 19.8 Å². The average molecular weight is 138 g/mol. The Balaban J connectivity index is 2.62. The second-order valence-electron chi connectivity index (χ2n) is 2.49. The van der Waals surface area contributed by atoms with Gasteiger partial charge in [-0.2, -0.15) is 0 Å². The van der Waals surface area contributed by atoms with Gasteiger partial charge in [-0.3, -0.25) is 0 Å². The molecule has 2 nitrogen and oxygen atoms in total. The van der Waals surface area contributed by atoms with Crippen molar-refractivity contribution in [3.8, 4) is 12.3 Å². The predicted octanol–water partition coefficient (Wildman–Crippen LogP) is 0.241. The first-order chi connectivity index (χ1) is 4.72. The maximum Gasteiger partial charge on any atom is 0.151 e. The zero-order valence-electron chi connectivity index (χ0n) is 5.71. The molecule has 0 unspecified atom stereocenters. The first kappa shape index (κ1) is 7.59. The molecule has 0 aromatic carbocycles. The summed E-state index contributed by atoms with van der Waals surface area (Å²) in [7, 11) is 0. The van der Waals surface area contributed by atoms with E-state index in [9.17, 15) is 0 Å². The van der Waals surface area contributed by atoms with Crippen LogP contribution >= 0.6 is 0 Å². The van der Waals surface area contributed by atoms with E-state index in [1.54, 1.807) is 0 Å². The van der Waals surface area contributed by atoms with Crippen molar-refractivity contribution in [1.82, 2.24) is 0 Å². The number of hydrogen-bond acceptors (Lipinski definition) is 2. The highest BCUT2D eigenvalue weighted by Gasteiger charge is 2.36. The molecule has 2 heteroatoms. The van der Waals surface area contributed by atoms with E-state index in [-0.39, 0.29) is 12.7 Å². The summed E-state index contributed by atoms with van der Waals surface area (Å²) in [6.45, 7) is 5.29. The number of aliphatic hydroxyl groups excluding tert-OH is 1. The molecule has 0 aromatic rings.